The van der Waals surface area contributed by atoms with Crippen molar-refractivity contribution in [3.05, 3.63) is 185 Å². The normalized spacial score (nSPS) is 19.0. The zero-order chi connectivity index (χ0) is 28.4. The molecule has 2 nitrogen and oxygen atoms in total. The lowest BCUT2D eigenvalue weighted by atomic mass is 9.69. The van der Waals surface area contributed by atoms with Gasteiger partial charge in [0, 0.05) is 23.0 Å². The standard InChI is InChI=1S/C41H28N2/c1-3-11-27(12-4-1)28-19-21-29(22-20-28)31-23-24-33-32-15-7-9-17-35(32)41(37(33)25-31)36-18-10-8-16-34(36)39-38(41)26-42-40(43-39)30-13-5-2-6-14-30/h1-26,40,43H. The van der Waals surface area contributed by atoms with Crippen LogP contribution >= 0.6 is 0 Å². The van der Waals surface area contributed by atoms with Crippen molar-refractivity contribution in [1.82, 2.24) is 5.32 Å². The second kappa shape index (κ2) is 9.27. The minimum absolute atomic E-state index is 0.117. The van der Waals surface area contributed by atoms with Crippen LogP contribution in [0.3, 0.4) is 0 Å². The summed E-state index contributed by atoms with van der Waals surface area (Å²) in [6.07, 6.45) is 2.03. The molecule has 6 aromatic rings. The predicted molar refractivity (Wildman–Crippen MR) is 177 cm³/mol. The highest BCUT2D eigenvalue weighted by Crippen LogP contribution is 2.62. The first-order valence-corrected chi connectivity index (χ1v) is 14.9. The Bertz CT molecular complexity index is 2090. The van der Waals surface area contributed by atoms with Crippen molar-refractivity contribution in [2.24, 2.45) is 4.99 Å². The van der Waals surface area contributed by atoms with Gasteiger partial charge in [0.2, 0.25) is 0 Å². The lowest BCUT2D eigenvalue weighted by Gasteiger charge is -2.32. The molecule has 202 valence electrons. The maximum Gasteiger partial charge on any atom is 0.144 e. The molecule has 1 spiro atoms. The summed E-state index contributed by atoms with van der Waals surface area (Å²) in [6.45, 7) is 0. The summed E-state index contributed by atoms with van der Waals surface area (Å²) < 4.78 is 0. The number of nitrogens with one attached hydrogen (secondary N) is 1. The zero-order valence-corrected chi connectivity index (χ0v) is 23.5. The van der Waals surface area contributed by atoms with E-state index in [0.29, 0.717) is 0 Å². The number of aliphatic imine (C=N–C) groups is 1. The molecule has 0 amide bonds. The Kier molecular flexibility index (Phi) is 5.21. The summed E-state index contributed by atoms with van der Waals surface area (Å²) in [5.74, 6) is 0. The molecule has 9 rings (SSSR count). The Morgan fingerprint density at radius 2 is 1.00 bits per heavy atom. The summed E-state index contributed by atoms with van der Waals surface area (Å²) >= 11 is 0. The topological polar surface area (TPSA) is 24.4 Å². The fraction of sp³-hybridized carbons (Fsp3) is 0.0488. The van der Waals surface area contributed by atoms with Crippen LogP contribution < -0.4 is 5.32 Å². The lowest BCUT2D eigenvalue weighted by molar-refractivity contribution is 0.658. The van der Waals surface area contributed by atoms with Crippen LogP contribution in [0, 0.1) is 0 Å². The minimum Gasteiger partial charge on any atom is -0.359 e. The van der Waals surface area contributed by atoms with Crippen LogP contribution in [0.5, 0.6) is 0 Å². The number of rotatable bonds is 3. The van der Waals surface area contributed by atoms with Crippen molar-refractivity contribution < 1.29 is 0 Å². The first kappa shape index (κ1) is 24.2. The van der Waals surface area contributed by atoms with Crippen LogP contribution in [0.1, 0.15) is 34.0 Å². The maximum absolute atomic E-state index is 5.12. The SMILES string of the molecule is C1=NC(c2ccccc2)NC2=C1C1(c3ccccc32)c2ccccc2-c2ccc(-c3ccc(-c4ccccc4)cc3)cc21. The molecule has 1 aliphatic heterocycles. The molecule has 0 fully saturated rings. The van der Waals surface area contributed by atoms with Gasteiger partial charge in [0.1, 0.15) is 6.17 Å². The minimum atomic E-state index is -0.435. The second-order valence-corrected chi connectivity index (χ2v) is 11.6. The van der Waals surface area contributed by atoms with Crippen LogP contribution in [-0.4, -0.2) is 6.21 Å². The molecule has 1 N–H and O–H groups in total. The molecule has 2 unspecified atom stereocenters. The number of nitrogens with zero attached hydrogens (tertiary/aromatic N) is 1. The highest BCUT2D eigenvalue weighted by Gasteiger charge is 2.53. The van der Waals surface area contributed by atoms with Gasteiger partial charge in [-0.1, -0.05) is 146 Å². The van der Waals surface area contributed by atoms with Gasteiger partial charge in [-0.2, -0.15) is 0 Å². The Balaban J connectivity index is 1.23. The molecule has 0 saturated carbocycles. The third-order valence-electron chi connectivity index (χ3n) is 9.39. The first-order valence-electron chi connectivity index (χ1n) is 14.9. The van der Waals surface area contributed by atoms with Gasteiger partial charge in [0.25, 0.3) is 0 Å². The monoisotopic (exact) mass is 548 g/mol. The van der Waals surface area contributed by atoms with Crippen LogP contribution in [-0.2, 0) is 5.41 Å². The molecule has 0 aromatic heterocycles. The van der Waals surface area contributed by atoms with Crippen LogP contribution in [0.15, 0.2) is 162 Å². The summed E-state index contributed by atoms with van der Waals surface area (Å²) in [4.78, 5) is 5.12. The van der Waals surface area contributed by atoms with Gasteiger partial charge >= 0.3 is 0 Å². The molecular formula is C41H28N2. The summed E-state index contributed by atoms with van der Waals surface area (Å²) in [7, 11) is 0. The smallest absolute Gasteiger partial charge is 0.144 e. The Labute approximate surface area is 251 Å². The van der Waals surface area contributed by atoms with Crippen molar-refractivity contribution in [1.29, 1.82) is 0 Å². The van der Waals surface area contributed by atoms with Crippen LogP contribution in [0.4, 0.5) is 0 Å². The molecule has 6 aromatic carbocycles. The fourth-order valence-electron chi connectivity index (χ4n) is 7.48. The Morgan fingerprint density at radius 1 is 0.465 bits per heavy atom. The van der Waals surface area contributed by atoms with Crippen LogP contribution in [0.2, 0.25) is 0 Å². The molecule has 43 heavy (non-hydrogen) atoms. The van der Waals surface area contributed by atoms with Crippen molar-refractivity contribution in [3.63, 3.8) is 0 Å². The van der Waals surface area contributed by atoms with E-state index in [0.717, 1.165) is 5.56 Å². The van der Waals surface area contributed by atoms with E-state index in [1.54, 1.807) is 0 Å². The molecule has 2 heteroatoms. The van der Waals surface area contributed by atoms with Gasteiger partial charge in [-0.25, -0.2) is 0 Å². The van der Waals surface area contributed by atoms with E-state index in [2.05, 4.69) is 163 Å². The summed E-state index contributed by atoms with van der Waals surface area (Å²) in [5.41, 5.74) is 15.8. The molecule has 1 heterocycles. The van der Waals surface area contributed by atoms with Gasteiger partial charge in [-0.15, -0.1) is 0 Å². The quantitative estimate of drug-likeness (QED) is 0.234. The molecule has 2 atom stereocenters. The van der Waals surface area contributed by atoms with Crippen molar-refractivity contribution >= 4 is 11.9 Å². The number of fused-ring (bicyclic) bond motifs is 9. The van der Waals surface area contributed by atoms with E-state index in [1.807, 2.05) is 0 Å². The summed E-state index contributed by atoms with van der Waals surface area (Å²) in [5, 5.41) is 3.85. The third kappa shape index (κ3) is 3.44. The molecular weight excluding hydrogens is 520 g/mol. The van der Waals surface area contributed by atoms with E-state index < -0.39 is 5.41 Å². The maximum atomic E-state index is 5.12. The molecule has 0 radical (unpaired) electrons. The Hall–Kier alpha value is -5.47. The number of hydrogen-bond donors (Lipinski definition) is 1. The fourth-order valence-corrected chi connectivity index (χ4v) is 7.48. The van der Waals surface area contributed by atoms with Gasteiger partial charge in [0.15, 0.2) is 0 Å². The summed E-state index contributed by atoms with van der Waals surface area (Å²) in [6, 6.07) is 54.9. The highest BCUT2D eigenvalue weighted by atomic mass is 15.1. The third-order valence-corrected chi connectivity index (χ3v) is 9.39. The largest absolute Gasteiger partial charge is 0.359 e. The van der Waals surface area contributed by atoms with E-state index in [9.17, 15) is 0 Å². The first-order chi connectivity index (χ1) is 21.3. The zero-order valence-electron chi connectivity index (χ0n) is 23.5. The van der Waals surface area contributed by atoms with E-state index in [4.69, 9.17) is 4.99 Å². The van der Waals surface area contributed by atoms with E-state index in [1.165, 1.54) is 66.9 Å². The lowest BCUT2D eigenvalue weighted by Crippen LogP contribution is -2.31. The number of hydrogen-bond acceptors (Lipinski definition) is 2. The molecule has 2 aliphatic carbocycles. The van der Waals surface area contributed by atoms with Gasteiger partial charge in [-0.05, 0) is 61.7 Å². The number of allylic oxidation sites excluding steroid dienone is 1. The van der Waals surface area contributed by atoms with E-state index in [-0.39, 0.29) is 6.17 Å². The van der Waals surface area contributed by atoms with Gasteiger partial charge < -0.3 is 5.32 Å². The van der Waals surface area contributed by atoms with Crippen molar-refractivity contribution in [3.8, 4) is 33.4 Å². The molecule has 0 bridgehead atoms. The molecule has 0 saturated heterocycles. The average molecular weight is 549 g/mol. The van der Waals surface area contributed by atoms with Gasteiger partial charge in [-0.3, -0.25) is 4.99 Å². The van der Waals surface area contributed by atoms with Crippen LogP contribution in [0.25, 0.3) is 39.1 Å². The van der Waals surface area contributed by atoms with Gasteiger partial charge in [0.05, 0.1) is 5.41 Å². The van der Waals surface area contributed by atoms with Crippen molar-refractivity contribution in [2.45, 2.75) is 11.6 Å². The average Bonchev–Trinajstić information content (AvgIpc) is 3.56. The van der Waals surface area contributed by atoms with E-state index >= 15 is 0 Å². The second-order valence-electron chi connectivity index (χ2n) is 11.6. The molecule has 3 aliphatic rings. The number of benzene rings is 6. The predicted octanol–water partition coefficient (Wildman–Crippen LogP) is 9.43. The van der Waals surface area contributed by atoms with Crippen molar-refractivity contribution in [2.75, 3.05) is 0 Å². The Morgan fingerprint density at radius 3 is 1.74 bits per heavy atom. The highest BCUT2D eigenvalue weighted by molar-refractivity contribution is 6.06.